The highest BCUT2D eigenvalue weighted by Gasteiger charge is 2.36. The fourth-order valence-corrected chi connectivity index (χ4v) is 1.58. The molecule has 0 aliphatic carbocycles. The fourth-order valence-electron chi connectivity index (χ4n) is 1.58. The summed E-state index contributed by atoms with van der Waals surface area (Å²) in [6, 6.07) is 8.89. The quantitative estimate of drug-likeness (QED) is 0.791. The Morgan fingerprint density at radius 1 is 1.14 bits per heavy atom. The molecule has 0 aliphatic rings. The lowest BCUT2D eigenvalue weighted by Crippen LogP contribution is -2.26. The van der Waals surface area contributed by atoms with E-state index < -0.39 is 23.3 Å². The fraction of sp³-hybridized carbons (Fsp3) is 0.333. The van der Waals surface area contributed by atoms with E-state index in [1.165, 1.54) is 0 Å². The average molecular weight is 312 g/mol. The number of aromatic nitrogens is 2. The van der Waals surface area contributed by atoms with Crippen molar-refractivity contribution in [3.8, 4) is 11.6 Å². The molecule has 2 rings (SSSR count). The standard InChI is InChI=1S/C15H15F3N2O2/c1-14(2,3)13(21)22-12-9-11(15(16,17)18)19-20(12)10-7-5-4-6-8-10/h4-9H,1-3H3. The third-order valence-corrected chi connectivity index (χ3v) is 2.78. The van der Waals surface area contributed by atoms with Crippen LogP contribution in [0.15, 0.2) is 36.4 Å². The van der Waals surface area contributed by atoms with Gasteiger partial charge in [-0.15, -0.1) is 0 Å². The number of halogens is 3. The first-order chi connectivity index (χ1) is 10.1. The monoisotopic (exact) mass is 312 g/mol. The zero-order chi connectivity index (χ0) is 16.5. The van der Waals surface area contributed by atoms with Crippen LogP contribution in [0, 0.1) is 5.41 Å². The second-order valence-corrected chi connectivity index (χ2v) is 5.75. The molecule has 1 aromatic heterocycles. The van der Waals surface area contributed by atoms with Crippen LogP contribution in [-0.4, -0.2) is 15.7 Å². The Bertz CT molecular complexity index is 670. The molecular weight excluding hydrogens is 297 g/mol. The van der Waals surface area contributed by atoms with Gasteiger partial charge in [-0.2, -0.15) is 18.3 Å². The molecule has 1 heterocycles. The molecule has 22 heavy (non-hydrogen) atoms. The zero-order valence-corrected chi connectivity index (χ0v) is 12.3. The van der Waals surface area contributed by atoms with Crippen LogP contribution in [0.1, 0.15) is 26.5 Å². The molecule has 2 aromatic rings. The van der Waals surface area contributed by atoms with Crippen LogP contribution in [0.25, 0.3) is 5.69 Å². The number of para-hydroxylation sites is 1. The summed E-state index contributed by atoms with van der Waals surface area (Å²) < 4.78 is 44.6. The molecule has 0 fully saturated rings. The highest BCUT2D eigenvalue weighted by molar-refractivity contribution is 5.77. The summed E-state index contributed by atoms with van der Waals surface area (Å²) in [6.45, 7) is 4.84. The molecule has 0 saturated heterocycles. The van der Waals surface area contributed by atoms with Crippen LogP contribution in [0.5, 0.6) is 5.88 Å². The molecule has 0 amide bonds. The van der Waals surface area contributed by atoms with E-state index in [1.54, 1.807) is 51.1 Å². The van der Waals surface area contributed by atoms with Crippen LogP contribution in [-0.2, 0) is 11.0 Å². The normalized spacial score (nSPS) is 12.3. The maximum atomic E-state index is 12.9. The predicted molar refractivity (Wildman–Crippen MR) is 73.7 cm³/mol. The second kappa shape index (κ2) is 5.47. The number of ether oxygens (including phenoxy) is 1. The number of esters is 1. The van der Waals surface area contributed by atoms with E-state index in [1.807, 2.05) is 0 Å². The third kappa shape index (κ3) is 3.47. The van der Waals surface area contributed by atoms with Gasteiger partial charge in [-0.25, -0.2) is 4.68 Å². The Hall–Kier alpha value is -2.31. The Labute approximate surface area is 125 Å². The minimum Gasteiger partial charge on any atom is -0.407 e. The Morgan fingerprint density at radius 3 is 2.23 bits per heavy atom. The topological polar surface area (TPSA) is 44.1 Å². The number of nitrogens with zero attached hydrogens (tertiary/aromatic N) is 2. The van der Waals surface area contributed by atoms with Crippen molar-refractivity contribution in [1.29, 1.82) is 0 Å². The van der Waals surface area contributed by atoms with Crippen LogP contribution >= 0.6 is 0 Å². The minimum atomic E-state index is -4.62. The third-order valence-electron chi connectivity index (χ3n) is 2.78. The Kier molecular flexibility index (Phi) is 4.00. The number of hydrogen-bond donors (Lipinski definition) is 0. The highest BCUT2D eigenvalue weighted by Crippen LogP contribution is 2.32. The van der Waals surface area contributed by atoms with E-state index in [2.05, 4.69) is 5.10 Å². The van der Waals surface area contributed by atoms with Crippen molar-refractivity contribution in [2.24, 2.45) is 5.41 Å². The summed E-state index contributed by atoms with van der Waals surface area (Å²) in [4.78, 5) is 11.9. The number of rotatable bonds is 2. The summed E-state index contributed by atoms with van der Waals surface area (Å²) in [7, 11) is 0. The summed E-state index contributed by atoms with van der Waals surface area (Å²) >= 11 is 0. The Morgan fingerprint density at radius 2 is 1.73 bits per heavy atom. The van der Waals surface area contributed by atoms with Crippen molar-refractivity contribution in [3.63, 3.8) is 0 Å². The van der Waals surface area contributed by atoms with Gasteiger partial charge in [0.15, 0.2) is 5.69 Å². The van der Waals surface area contributed by atoms with Crippen LogP contribution in [0.3, 0.4) is 0 Å². The van der Waals surface area contributed by atoms with Crippen molar-refractivity contribution < 1.29 is 22.7 Å². The molecule has 0 spiro atoms. The smallest absolute Gasteiger partial charge is 0.407 e. The van der Waals surface area contributed by atoms with E-state index in [0.717, 1.165) is 10.7 Å². The van der Waals surface area contributed by atoms with E-state index in [9.17, 15) is 18.0 Å². The van der Waals surface area contributed by atoms with Crippen molar-refractivity contribution in [2.45, 2.75) is 26.9 Å². The van der Waals surface area contributed by atoms with Crippen molar-refractivity contribution in [2.75, 3.05) is 0 Å². The van der Waals surface area contributed by atoms with Gasteiger partial charge in [0.25, 0.3) is 0 Å². The second-order valence-electron chi connectivity index (χ2n) is 5.75. The van der Waals surface area contributed by atoms with Crippen LogP contribution in [0.4, 0.5) is 13.2 Å². The van der Waals surface area contributed by atoms with Crippen molar-refractivity contribution in [1.82, 2.24) is 9.78 Å². The molecule has 0 bridgehead atoms. The molecular formula is C15H15F3N2O2. The largest absolute Gasteiger partial charge is 0.435 e. The van der Waals surface area contributed by atoms with Crippen LogP contribution < -0.4 is 4.74 Å². The Balaban J connectivity index is 2.47. The minimum absolute atomic E-state index is 0.265. The molecule has 1 aromatic carbocycles. The lowest BCUT2D eigenvalue weighted by atomic mass is 9.97. The van der Waals surface area contributed by atoms with Gasteiger partial charge >= 0.3 is 12.1 Å². The number of carbonyl (C=O) groups excluding carboxylic acids is 1. The van der Waals surface area contributed by atoms with Gasteiger partial charge in [0.1, 0.15) is 0 Å². The average Bonchev–Trinajstić information content (AvgIpc) is 2.82. The van der Waals surface area contributed by atoms with Gasteiger partial charge in [-0.3, -0.25) is 4.79 Å². The number of alkyl halides is 3. The number of benzene rings is 1. The zero-order valence-electron chi connectivity index (χ0n) is 12.3. The first kappa shape index (κ1) is 16.1. The van der Waals surface area contributed by atoms with Crippen molar-refractivity contribution >= 4 is 5.97 Å². The van der Waals surface area contributed by atoms with Gasteiger partial charge in [0.05, 0.1) is 11.1 Å². The van der Waals surface area contributed by atoms with Gasteiger partial charge in [0.2, 0.25) is 5.88 Å². The lowest BCUT2D eigenvalue weighted by molar-refractivity contribution is -0.144. The molecule has 0 aliphatic heterocycles. The van der Waals surface area contributed by atoms with E-state index in [4.69, 9.17) is 4.74 Å². The summed E-state index contributed by atoms with van der Waals surface area (Å²) in [5, 5.41) is 3.50. The molecule has 0 unspecified atom stereocenters. The highest BCUT2D eigenvalue weighted by atomic mass is 19.4. The molecule has 0 radical (unpaired) electrons. The maximum Gasteiger partial charge on any atom is 0.435 e. The van der Waals surface area contributed by atoms with Crippen LogP contribution in [0.2, 0.25) is 0 Å². The lowest BCUT2D eigenvalue weighted by Gasteiger charge is -2.16. The van der Waals surface area contributed by atoms with E-state index >= 15 is 0 Å². The molecule has 7 heteroatoms. The van der Waals surface area contributed by atoms with Gasteiger partial charge in [-0.05, 0) is 32.9 Å². The first-order valence-electron chi connectivity index (χ1n) is 6.54. The predicted octanol–water partition coefficient (Wildman–Crippen LogP) is 3.84. The van der Waals surface area contributed by atoms with Gasteiger partial charge in [-0.1, -0.05) is 18.2 Å². The molecule has 0 N–H and O–H groups in total. The number of carbonyl (C=O) groups is 1. The van der Waals surface area contributed by atoms with Crippen molar-refractivity contribution in [3.05, 3.63) is 42.1 Å². The van der Waals surface area contributed by atoms with E-state index in [0.29, 0.717) is 5.69 Å². The SMILES string of the molecule is CC(C)(C)C(=O)Oc1cc(C(F)(F)F)nn1-c1ccccc1. The molecule has 118 valence electrons. The number of hydrogen-bond acceptors (Lipinski definition) is 3. The molecule has 0 atom stereocenters. The summed E-state index contributed by atoms with van der Waals surface area (Å²) in [5.41, 5.74) is -1.59. The molecule has 4 nitrogen and oxygen atoms in total. The molecule has 0 saturated carbocycles. The van der Waals surface area contributed by atoms with E-state index in [-0.39, 0.29) is 5.88 Å². The summed E-state index contributed by atoms with van der Waals surface area (Å²) in [6.07, 6.45) is -4.62. The summed E-state index contributed by atoms with van der Waals surface area (Å²) in [5.74, 6) is -0.906. The van der Waals surface area contributed by atoms with Gasteiger partial charge in [0, 0.05) is 6.07 Å². The first-order valence-corrected chi connectivity index (χ1v) is 6.54. The van der Waals surface area contributed by atoms with Gasteiger partial charge < -0.3 is 4.74 Å². The maximum absolute atomic E-state index is 12.9.